The van der Waals surface area contributed by atoms with Gasteiger partial charge in [-0.1, -0.05) is 6.07 Å². The second-order valence-corrected chi connectivity index (χ2v) is 6.49. The number of likely N-dealkylation sites (N-methyl/N-ethyl adjacent to an activating group) is 1. The topological polar surface area (TPSA) is 20.3 Å². The van der Waals surface area contributed by atoms with Gasteiger partial charge in [0, 0.05) is 17.2 Å². The van der Waals surface area contributed by atoms with Crippen molar-refractivity contribution in [3.8, 4) is 0 Å². The van der Waals surface area contributed by atoms with Crippen molar-refractivity contribution in [1.82, 2.24) is 0 Å². The first-order valence-electron chi connectivity index (χ1n) is 6.03. The highest BCUT2D eigenvalue weighted by molar-refractivity contribution is 9.10. The number of halogens is 1. The van der Waals surface area contributed by atoms with Crippen LogP contribution in [-0.2, 0) is 0 Å². The van der Waals surface area contributed by atoms with Crippen LogP contribution in [0.1, 0.15) is 20.8 Å². The fourth-order valence-corrected chi connectivity index (χ4v) is 3.57. The number of carbonyl (C=O) groups excluding carboxylic acids is 1. The molecule has 4 heteroatoms. The zero-order chi connectivity index (χ0) is 14.0. The van der Waals surface area contributed by atoms with E-state index in [4.69, 9.17) is 0 Å². The zero-order valence-electron chi connectivity index (χ0n) is 11.2. The van der Waals surface area contributed by atoms with Gasteiger partial charge in [-0.25, -0.2) is 0 Å². The molecule has 0 atom stereocenters. The fourth-order valence-electron chi connectivity index (χ4n) is 2.04. The zero-order valence-corrected chi connectivity index (χ0v) is 13.6. The molecule has 100 valence electrons. The first-order chi connectivity index (χ1) is 8.97. The number of nitrogens with zero attached hydrogens (tertiary/aromatic N) is 1. The second-order valence-electron chi connectivity index (χ2n) is 4.72. The van der Waals surface area contributed by atoms with Gasteiger partial charge in [-0.15, -0.1) is 11.3 Å². The van der Waals surface area contributed by atoms with Crippen LogP contribution >= 0.6 is 27.3 Å². The molecule has 0 aliphatic heterocycles. The van der Waals surface area contributed by atoms with Gasteiger partial charge in [0.25, 0.3) is 0 Å². The van der Waals surface area contributed by atoms with Crippen LogP contribution < -0.4 is 4.90 Å². The molecule has 0 bridgehead atoms. The number of thiophene rings is 1. The summed E-state index contributed by atoms with van der Waals surface area (Å²) in [5.74, 6) is 0.142. The van der Waals surface area contributed by atoms with Crippen LogP contribution in [0.15, 0.2) is 34.1 Å². The molecule has 0 radical (unpaired) electrons. The number of hydrogen-bond acceptors (Lipinski definition) is 3. The fraction of sp³-hybridized carbons (Fsp3) is 0.267. The third kappa shape index (κ3) is 3.45. The van der Waals surface area contributed by atoms with Crippen LogP contribution in [0, 0.1) is 13.8 Å². The van der Waals surface area contributed by atoms with Crippen LogP contribution in [0.4, 0.5) is 5.69 Å². The van der Waals surface area contributed by atoms with E-state index in [-0.39, 0.29) is 5.78 Å². The summed E-state index contributed by atoms with van der Waals surface area (Å²) in [5, 5.41) is 1.92. The summed E-state index contributed by atoms with van der Waals surface area (Å²) in [7, 11) is 1.95. The Morgan fingerprint density at radius 3 is 2.42 bits per heavy atom. The monoisotopic (exact) mass is 337 g/mol. The third-order valence-electron chi connectivity index (χ3n) is 2.90. The Hall–Kier alpha value is -1.13. The maximum absolute atomic E-state index is 12.2. The highest BCUT2D eigenvalue weighted by atomic mass is 79.9. The number of carbonyl (C=O) groups is 1. The molecule has 1 heterocycles. The van der Waals surface area contributed by atoms with E-state index in [9.17, 15) is 4.79 Å². The van der Waals surface area contributed by atoms with Gasteiger partial charge < -0.3 is 4.90 Å². The van der Waals surface area contributed by atoms with Gasteiger partial charge >= 0.3 is 0 Å². The molecule has 0 spiro atoms. The number of ketones is 1. The van der Waals surface area contributed by atoms with Gasteiger partial charge in [0.1, 0.15) is 0 Å². The lowest BCUT2D eigenvalue weighted by atomic mass is 10.1. The van der Waals surface area contributed by atoms with Crippen molar-refractivity contribution < 1.29 is 4.79 Å². The van der Waals surface area contributed by atoms with Crippen molar-refractivity contribution in [2.45, 2.75) is 13.8 Å². The van der Waals surface area contributed by atoms with Gasteiger partial charge in [0.15, 0.2) is 5.78 Å². The first kappa shape index (κ1) is 14.3. The normalized spacial score (nSPS) is 10.5. The number of Topliss-reactive ketones (excluding diaryl/α,β-unsaturated/α-hetero) is 1. The van der Waals surface area contributed by atoms with E-state index in [0.717, 1.165) is 15.0 Å². The van der Waals surface area contributed by atoms with Crippen LogP contribution in [0.3, 0.4) is 0 Å². The Bertz CT molecular complexity index is 586. The van der Waals surface area contributed by atoms with Crippen molar-refractivity contribution in [2.75, 3.05) is 18.5 Å². The van der Waals surface area contributed by atoms with E-state index in [1.165, 1.54) is 22.5 Å². The maximum Gasteiger partial charge on any atom is 0.193 e. The highest BCUT2D eigenvalue weighted by Gasteiger charge is 2.14. The lowest BCUT2D eigenvalue weighted by Gasteiger charge is -2.19. The molecule has 0 fully saturated rings. The molecule has 0 aliphatic rings. The average molecular weight is 338 g/mol. The Labute approximate surface area is 126 Å². The van der Waals surface area contributed by atoms with Gasteiger partial charge in [-0.2, -0.15) is 0 Å². The van der Waals surface area contributed by atoms with Crippen molar-refractivity contribution >= 4 is 38.7 Å². The molecule has 1 aromatic carbocycles. The Morgan fingerprint density at radius 2 is 1.89 bits per heavy atom. The molecule has 0 amide bonds. The van der Waals surface area contributed by atoms with Crippen LogP contribution in [0.5, 0.6) is 0 Å². The molecular weight excluding hydrogens is 322 g/mol. The van der Waals surface area contributed by atoms with E-state index in [1.54, 1.807) is 0 Å². The summed E-state index contributed by atoms with van der Waals surface area (Å²) in [6.45, 7) is 4.53. The molecule has 0 unspecified atom stereocenters. The molecule has 0 N–H and O–H groups in total. The Balaban J connectivity index is 2.15. The minimum absolute atomic E-state index is 0.142. The van der Waals surface area contributed by atoms with Crippen molar-refractivity contribution in [1.29, 1.82) is 0 Å². The summed E-state index contributed by atoms with van der Waals surface area (Å²) in [6.07, 6.45) is 0. The predicted molar refractivity (Wildman–Crippen MR) is 85.5 cm³/mol. The number of hydrogen-bond donors (Lipinski definition) is 0. The quantitative estimate of drug-likeness (QED) is 0.768. The largest absolute Gasteiger partial charge is 0.367 e. The second kappa shape index (κ2) is 5.88. The van der Waals surface area contributed by atoms with E-state index in [1.807, 2.05) is 23.4 Å². The predicted octanol–water partition coefficient (Wildman–Crippen LogP) is 4.45. The molecule has 2 rings (SSSR count). The molecule has 2 nitrogen and oxygen atoms in total. The number of benzene rings is 1. The summed E-state index contributed by atoms with van der Waals surface area (Å²) < 4.78 is 0.885. The number of aryl methyl sites for hydroxylation is 2. The van der Waals surface area contributed by atoms with Crippen LogP contribution in [0.25, 0.3) is 0 Å². The van der Waals surface area contributed by atoms with Crippen molar-refractivity contribution in [3.05, 3.63) is 50.1 Å². The lowest BCUT2D eigenvalue weighted by Crippen LogP contribution is -2.25. The summed E-state index contributed by atoms with van der Waals surface area (Å²) in [5.41, 5.74) is 3.51. The Morgan fingerprint density at radius 1 is 1.26 bits per heavy atom. The minimum atomic E-state index is 0.142. The molecule has 0 aliphatic carbocycles. The van der Waals surface area contributed by atoms with E-state index in [0.29, 0.717) is 6.54 Å². The molecule has 0 saturated carbocycles. The number of rotatable bonds is 4. The van der Waals surface area contributed by atoms with Crippen LogP contribution in [0.2, 0.25) is 0 Å². The SMILES string of the molecule is Cc1cc(C)cc(N(C)CC(=O)c2sccc2Br)c1. The minimum Gasteiger partial charge on any atom is -0.367 e. The molecule has 19 heavy (non-hydrogen) atoms. The molecule has 1 aromatic heterocycles. The summed E-state index contributed by atoms with van der Waals surface area (Å²) >= 11 is 4.89. The highest BCUT2D eigenvalue weighted by Crippen LogP contribution is 2.24. The maximum atomic E-state index is 12.2. The standard InChI is InChI=1S/C15H16BrNOS/c1-10-6-11(2)8-12(7-10)17(3)9-14(18)15-13(16)4-5-19-15/h4-8H,9H2,1-3H3. The van der Waals surface area contributed by atoms with Crippen molar-refractivity contribution in [2.24, 2.45) is 0 Å². The number of anilines is 1. The van der Waals surface area contributed by atoms with Gasteiger partial charge in [-0.05, 0) is 64.5 Å². The van der Waals surface area contributed by atoms with E-state index >= 15 is 0 Å². The van der Waals surface area contributed by atoms with Crippen LogP contribution in [-0.4, -0.2) is 19.4 Å². The van der Waals surface area contributed by atoms with E-state index in [2.05, 4.69) is 48.0 Å². The average Bonchev–Trinajstić information content (AvgIpc) is 2.74. The summed E-state index contributed by atoms with van der Waals surface area (Å²) in [6, 6.07) is 8.25. The smallest absolute Gasteiger partial charge is 0.193 e. The molecule has 2 aromatic rings. The molecule has 0 saturated heterocycles. The lowest BCUT2D eigenvalue weighted by molar-refractivity contribution is 0.100. The van der Waals surface area contributed by atoms with Gasteiger partial charge in [0.2, 0.25) is 0 Å². The summed E-state index contributed by atoms with van der Waals surface area (Å²) in [4.78, 5) is 15.0. The molecular formula is C15H16BrNOS. The van der Waals surface area contributed by atoms with Crippen molar-refractivity contribution in [3.63, 3.8) is 0 Å². The van der Waals surface area contributed by atoms with Gasteiger partial charge in [-0.3, -0.25) is 4.79 Å². The first-order valence-corrected chi connectivity index (χ1v) is 7.70. The van der Waals surface area contributed by atoms with E-state index < -0.39 is 0 Å². The third-order valence-corrected chi connectivity index (χ3v) is 4.78. The Kier molecular flexibility index (Phi) is 4.42. The van der Waals surface area contributed by atoms with Gasteiger partial charge in [0.05, 0.1) is 11.4 Å².